The molecule has 80 valence electrons. The predicted octanol–water partition coefficient (Wildman–Crippen LogP) is 4.06. The second-order valence-corrected chi connectivity index (χ2v) is 6.99. The average Bonchev–Trinajstić information content (AvgIpc) is 2.40. The van der Waals surface area contributed by atoms with E-state index in [-0.39, 0.29) is 0 Å². The van der Waals surface area contributed by atoms with Crippen LogP contribution in [0, 0.1) is 5.92 Å². The zero-order chi connectivity index (χ0) is 10.6. The maximum absolute atomic E-state index is 3.50. The normalized spacial score (nSPS) is 11.2. The Hall–Kier alpha value is 0.620. The highest BCUT2D eigenvalue weighted by molar-refractivity contribution is 9.13. The van der Waals surface area contributed by atoms with Gasteiger partial charge >= 0.3 is 0 Å². The Morgan fingerprint density at radius 3 is 2.64 bits per heavy atom. The Bertz CT molecular complexity index is 264. The second kappa shape index (κ2) is 6.26. The van der Waals surface area contributed by atoms with Gasteiger partial charge in [-0.25, -0.2) is 0 Å². The highest BCUT2D eigenvalue weighted by Crippen LogP contribution is 2.32. The predicted molar refractivity (Wildman–Crippen MR) is 71.1 cm³/mol. The van der Waals surface area contributed by atoms with Gasteiger partial charge in [-0.15, -0.1) is 11.3 Å². The number of nitrogens with one attached hydrogen (secondary N) is 1. The first-order valence-corrected chi connectivity index (χ1v) is 7.14. The van der Waals surface area contributed by atoms with Crippen LogP contribution in [0.4, 0.5) is 0 Å². The van der Waals surface area contributed by atoms with Gasteiger partial charge in [0.15, 0.2) is 0 Å². The lowest BCUT2D eigenvalue weighted by Gasteiger charge is -2.05. The van der Waals surface area contributed by atoms with E-state index in [1.54, 1.807) is 11.3 Å². The molecule has 0 radical (unpaired) electrons. The van der Waals surface area contributed by atoms with E-state index < -0.39 is 0 Å². The maximum atomic E-state index is 3.50. The summed E-state index contributed by atoms with van der Waals surface area (Å²) >= 11 is 8.79. The van der Waals surface area contributed by atoms with Crippen LogP contribution in [0.2, 0.25) is 0 Å². The lowest BCUT2D eigenvalue weighted by molar-refractivity contribution is 0.555. The Kier molecular flexibility index (Phi) is 5.67. The largest absolute Gasteiger partial charge is 0.316 e. The van der Waals surface area contributed by atoms with Crippen molar-refractivity contribution >= 4 is 43.2 Å². The third-order valence-corrected chi connectivity index (χ3v) is 5.11. The van der Waals surface area contributed by atoms with Crippen molar-refractivity contribution in [2.24, 2.45) is 5.92 Å². The first-order valence-electron chi connectivity index (χ1n) is 4.74. The molecule has 0 spiro atoms. The van der Waals surface area contributed by atoms with Crippen LogP contribution < -0.4 is 5.32 Å². The van der Waals surface area contributed by atoms with Crippen LogP contribution >= 0.6 is 43.2 Å². The molecule has 1 aromatic heterocycles. The van der Waals surface area contributed by atoms with Gasteiger partial charge in [-0.1, -0.05) is 13.8 Å². The number of hydrogen-bond acceptors (Lipinski definition) is 2. The molecule has 0 atom stereocenters. The Labute approximate surface area is 107 Å². The lowest BCUT2D eigenvalue weighted by Crippen LogP contribution is -2.21. The molecule has 1 nitrogen and oxygen atoms in total. The first-order chi connectivity index (χ1) is 6.59. The van der Waals surface area contributed by atoms with Crippen LogP contribution in [0.25, 0.3) is 0 Å². The monoisotopic (exact) mass is 339 g/mol. The van der Waals surface area contributed by atoms with Gasteiger partial charge < -0.3 is 5.32 Å². The number of halogens is 2. The van der Waals surface area contributed by atoms with Gasteiger partial charge in [0.25, 0.3) is 0 Å². The molecule has 14 heavy (non-hydrogen) atoms. The van der Waals surface area contributed by atoms with E-state index in [1.165, 1.54) is 13.1 Å². The lowest BCUT2D eigenvalue weighted by atomic mass is 10.2. The summed E-state index contributed by atoms with van der Waals surface area (Å²) in [5, 5.41) is 3.44. The van der Waals surface area contributed by atoms with E-state index in [9.17, 15) is 0 Å². The van der Waals surface area contributed by atoms with Crippen molar-refractivity contribution in [1.82, 2.24) is 5.32 Å². The molecule has 0 unspecified atom stereocenters. The summed E-state index contributed by atoms with van der Waals surface area (Å²) in [5.74, 6) is 0.733. The maximum Gasteiger partial charge on any atom is 0.0843 e. The SMILES string of the molecule is CC(C)CNCCc1cc(Br)c(Br)s1. The average molecular weight is 341 g/mol. The van der Waals surface area contributed by atoms with Crippen LogP contribution in [0.15, 0.2) is 14.3 Å². The van der Waals surface area contributed by atoms with Gasteiger partial charge in [-0.3, -0.25) is 0 Å². The standard InChI is InChI=1S/C10H15Br2NS/c1-7(2)6-13-4-3-8-5-9(11)10(12)14-8/h5,7,13H,3-4,6H2,1-2H3. The molecule has 1 rings (SSSR count). The molecular formula is C10H15Br2NS. The van der Waals surface area contributed by atoms with Crippen LogP contribution in [0.3, 0.4) is 0 Å². The molecule has 0 aliphatic carbocycles. The molecule has 1 heterocycles. The molecule has 1 N–H and O–H groups in total. The van der Waals surface area contributed by atoms with Crippen LogP contribution in [-0.4, -0.2) is 13.1 Å². The van der Waals surface area contributed by atoms with Crippen molar-refractivity contribution in [3.63, 3.8) is 0 Å². The summed E-state index contributed by atoms with van der Waals surface area (Å²) in [7, 11) is 0. The van der Waals surface area contributed by atoms with Gasteiger partial charge in [0.2, 0.25) is 0 Å². The molecule has 0 aromatic carbocycles. The zero-order valence-corrected chi connectivity index (χ0v) is 12.4. The fraction of sp³-hybridized carbons (Fsp3) is 0.600. The number of thiophene rings is 1. The summed E-state index contributed by atoms with van der Waals surface area (Å²) in [4.78, 5) is 1.42. The molecule has 4 heteroatoms. The zero-order valence-electron chi connectivity index (χ0n) is 8.44. The highest BCUT2D eigenvalue weighted by atomic mass is 79.9. The van der Waals surface area contributed by atoms with E-state index in [0.717, 1.165) is 25.4 Å². The summed E-state index contributed by atoms with van der Waals surface area (Å²) in [6.07, 6.45) is 1.11. The Morgan fingerprint density at radius 1 is 1.43 bits per heavy atom. The van der Waals surface area contributed by atoms with Crippen LogP contribution in [0.5, 0.6) is 0 Å². The van der Waals surface area contributed by atoms with Crippen LogP contribution in [-0.2, 0) is 6.42 Å². The minimum absolute atomic E-state index is 0.733. The highest BCUT2D eigenvalue weighted by Gasteiger charge is 2.03. The van der Waals surface area contributed by atoms with Gasteiger partial charge in [0.1, 0.15) is 0 Å². The molecular weight excluding hydrogens is 326 g/mol. The molecule has 0 saturated heterocycles. The van der Waals surface area contributed by atoms with Gasteiger partial charge in [-0.05, 0) is 63.4 Å². The van der Waals surface area contributed by atoms with E-state index in [2.05, 4.69) is 57.1 Å². The summed E-state index contributed by atoms with van der Waals surface area (Å²) in [5.41, 5.74) is 0. The van der Waals surface area contributed by atoms with E-state index in [1.807, 2.05) is 0 Å². The minimum atomic E-state index is 0.733. The fourth-order valence-corrected chi connectivity index (χ4v) is 3.29. The van der Waals surface area contributed by atoms with Crippen molar-refractivity contribution in [2.75, 3.05) is 13.1 Å². The van der Waals surface area contributed by atoms with Crippen molar-refractivity contribution in [1.29, 1.82) is 0 Å². The number of rotatable bonds is 5. The van der Waals surface area contributed by atoms with Crippen molar-refractivity contribution < 1.29 is 0 Å². The van der Waals surface area contributed by atoms with Crippen molar-refractivity contribution in [3.8, 4) is 0 Å². The van der Waals surface area contributed by atoms with E-state index in [4.69, 9.17) is 0 Å². The summed E-state index contributed by atoms with van der Waals surface area (Å²) in [6, 6.07) is 2.19. The molecule has 0 saturated carbocycles. The third kappa shape index (κ3) is 4.43. The van der Waals surface area contributed by atoms with E-state index in [0.29, 0.717) is 0 Å². The topological polar surface area (TPSA) is 12.0 Å². The van der Waals surface area contributed by atoms with Gasteiger partial charge in [0.05, 0.1) is 3.79 Å². The third-order valence-electron chi connectivity index (χ3n) is 1.80. The smallest absolute Gasteiger partial charge is 0.0843 e. The Morgan fingerprint density at radius 2 is 2.14 bits per heavy atom. The van der Waals surface area contributed by atoms with E-state index >= 15 is 0 Å². The molecule has 0 aliphatic rings. The summed E-state index contributed by atoms with van der Waals surface area (Å²) in [6.45, 7) is 6.63. The quantitative estimate of drug-likeness (QED) is 0.797. The summed E-state index contributed by atoms with van der Waals surface area (Å²) < 4.78 is 2.36. The fourth-order valence-electron chi connectivity index (χ4n) is 1.12. The van der Waals surface area contributed by atoms with Crippen molar-refractivity contribution in [2.45, 2.75) is 20.3 Å². The molecule has 1 aromatic rings. The first kappa shape index (κ1) is 12.7. The van der Waals surface area contributed by atoms with Gasteiger partial charge in [-0.2, -0.15) is 0 Å². The number of hydrogen-bond donors (Lipinski definition) is 1. The van der Waals surface area contributed by atoms with Crippen LogP contribution in [0.1, 0.15) is 18.7 Å². The Balaban J connectivity index is 2.25. The molecule has 0 amide bonds. The molecule has 0 fully saturated rings. The van der Waals surface area contributed by atoms with Crippen molar-refractivity contribution in [3.05, 3.63) is 19.2 Å². The second-order valence-electron chi connectivity index (χ2n) is 3.68. The minimum Gasteiger partial charge on any atom is -0.316 e. The molecule has 0 aliphatic heterocycles. The van der Waals surface area contributed by atoms with Gasteiger partial charge in [0, 0.05) is 9.35 Å². The molecule has 0 bridgehead atoms.